The van der Waals surface area contributed by atoms with Crippen LogP contribution in [0.1, 0.15) is 25.3 Å². The molecule has 0 spiro atoms. The first-order chi connectivity index (χ1) is 12.0. The number of benzene rings is 1. The van der Waals surface area contributed by atoms with Crippen LogP contribution in [0.15, 0.2) is 34.5 Å². The minimum absolute atomic E-state index is 0.337. The molecule has 0 saturated carbocycles. The van der Waals surface area contributed by atoms with E-state index in [2.05, 4.69) is 13.7 Å². The van der Waals surface area contributed by atoms with E-state index in [4.69, 9.17) is 9.47 Å². The van der Waals surface area contributed by atoms with Gasteiger partial charge in [-0.2, -0.15) is 8.75 Å². The lowest BCUT2D eigenvalue weighted by atomic mass is 9.75. The van der Waals surface area contributed by atoms with E-state index >= 15 is 0 Å². The van der Waals surface area contributed by atoms with Crippen molar-refractivity contribution < 1.29 is 19.1 Å². The molecule has 3 rings (SSSR count). The normalized spacial score (nSPS) is 20.4. The van der Waals surface area contributed by atoms with E-state index < -0.39 is 23.8 Å². The number of aliphatic imine (C=N–C) groups is 1. The molecule has 0 amide bonds. The number of rotatable bonds is 3. The Morgan fingerprint density at radius 1 is 1.12 bits per heavy atom. The number of ether oxygens (including phenoxy) is 2. The standard InChI is InChI=1S/C17H17N3O4S/c1-8-12(16(21)23-3)14(13(9(2)18-8)17(22)24-4)10-6-5-7-11-15(10)20-25-19-11/h5-7,12,14H,1-4H3. The molecule has 1 aromatic heterocycles. The fraction of sp³-hybridized carbons (Fsp3) is 0.353. The number of hydrogen-bond donors (Lipinski definition) is 0. The van der Waals surface area contributed by atoms with E-state index in [1.54, 1.807) is 13.8 Å². The van der Waals surface area contributed by atoms with Gasteiger partial charge in [-0.05, 0) is 25.5 Å². The number of hydrogen-bond acceptors (Lipinski definition) is 8. The summed E-state index contributed by atoms with van der Waals surface area (Å²) in [7, 11) is 2.63. The zero-order valence-corrected chi connectivity index (χ0v) is 15.1. The average Bonchev–Trinajstić information content (AvgIpc) is 3.08. The van der Waals surface area contributed by atoms with Gasteiger partial charge in [0, 0.05) is 17.3 Å². The van der Waals surface area contributed by atoms with Crippen molar-refractivity contribution in [1.82, 2.24) is 8.75 Å². The van der Waals surface area contributed by atoms with Gasteiger partial charge in [-0.1, -0.05) is 12.1 Å². The molecule has 1 aliphatic heterocycles. The number of allylic oxidation sites excluding steroid dienone is 1. The summed E-state index contributed by atoms with van der Waals surface area (Å²) < 4.78 is 18.5. The van der Waals surface area contributed by atoms with Crippen LogP contribution in [0.3, 0.4) is 0 Å². The summed E-state index contributed by atoms with van der Waals surface area (Å²) in [5, 5.41) is 0. The fourth-order valence-electron chi connectivity index (χ4n) is 3.26. The maximum atomic E-state index is 12.5. The van der Waals surface area contributed by atoms with Gasteiger partial charge < -0.3 is 9.47 Å². The molecule has 0 bridgehead atoms. The van der Waals surface area contributed by atoms with Crippen molar-refractivity contribution in [1.29, 1.82) is 0 Å². The van der Waals surface area contributed by atoms with E-state index in [1.165, 1.54) is 14.2 Å². The van der Waals surface area contributed by atoms with Crippen molar-refractivity contribution in [3.8, 4) is 0 Å². The average molecular weight is 359 g/mol. The first-order valence-electron chi connectivity index (χ1n) is 7.62. The summed E-state index contributed by atoms with van der Waals surface area (Å²) in [5.41, 5.74) is 3.56. The van der Waals surface area contributed by atoms with Crippen molar-refractivity contribution in [2.75, 3.05) is 14.2 Å². The third-order valence-corrected chi connectivity index (χ3v) is 4.88. The van der Waals surface area contributed by atoms with Gasteiger partial charge in [0.25, 0.3) is 0 Å². The molecule has 1 aliphatic rings. The fourth-order valence-corrected chi connectivity index (χ4v) is 3.82. The van der Waals surface area contributed by atoms with Crippen molar-refractivity contribution in [3.63, 3.8) is 0 Å². The number of nitrogens with zero attached hydrogens (tertiary/aromatic N) is 3. The molecule has 0 radical (unpaired) electrons. The molecule has 8 heteroatoms. The van der Waals surface area contributed by atoms with Crippen LogP contribution in [0, 0.1) is 5.92 Å². The SMILES string of the molecule is COC(=O)C1=C(C)N=C(C)C(C(=O)OC)C1c1cccc2nsnc12. The molecule has 0 N–H and O–H groups in total. The van der Waals surface area contributed by atoms with Crippen molar-refractivity contribution in [2.24, 2.45) is 10.9 Å². The quantitative estimate of drug-likeness (QED) is 0.782. The summed E-state index contributed by atoms with van der Waals surface area (Å²) in [5.74, 6) is -2.30. The number of aromatic nitrogens is 2. The number of carbonyl (C=O) groups excluding carboxylic acids is 2. The maximum Gasteiger partial charge on any atom is 0.336 e. The Kier molecular flexibility index (Phi) is 4.63. The number of methoxy groups -OCH3 is 2. The molecule has 1 aromatic carbocycles. The Morgan fingerprint density at radius 3 is 2.56 bits per heavy atom. The van der Waals surface area contributed by atoms with Crippen LogP contribution in [-0.4, -0.2) is 40.6 Å². The Labute approximate surface area is 148 Å². The van der Waals surface area contributed by atoms with Crippen LogP contribution in [-0.2, 0) is 19.1 Å². The predicted octanol–water partition coefficient (Wildman–Crippen LogP) is 2.49. The van der Waals surface area contributed by atoms with Crippen molar-refractivity contribution in [3.05, 3.63) is 35.0 Å². The van der Waals surface area contributed by atoms with Crippen LogP contribution in [0.2, 0.25) is 0 Å². The van der Waals surface area contributed by atoms with E-state index in [-0.39, 0.29) is 0 Å². The van der Waals surface area contributed by atoms with Crippen LogP contribution >= 0.6 is 11.7 Å². The van der Waals surface area contributed by atoms with E-state index in [9.17, 15) is 9.59 Å². The Balaban J connectivity index is 2.29. The van der Waals surface area contributed by atoms with Crippen LogP contribution in [0.25, 0.3) is 11.0 Å². The summed E-state index contributed by atoms with van der Waals surface area (Å²) in [6.45, 7) is 3.49. The molecule has 2 atom stereocenters. The minimum Gasteiger partial charge on any atom is -0.468 e. The maximum absolute atomic E-state index is 12.5. The minimum atomic E-state index is -0.727. The monoisotopic (exact) mass is 359 g/mol. The third kappa shape index (κ3) is 2.82. The zero-order valence-electron chi connectivity index (χ0n) is 14.3. The number of carbonyl (C=O) groups is 2. The number of esters is 2. The van der Waals surface area contributed by atoms with Gasteiger partial charge in [0.1, 0.15) is 17.0 Å². The molecule has 2 unspecified atom stereocenters. The predicted molar refractivity (Wildman–Crippen MR) is 93.5 cm³/mol. The molecule has 130 valence electrons. The molecule has 2 aromatic rings. The van der Waals surface area contributed by atoms with Crippen LogP contribution < -0.4 is 0 Å². The van der Waals surface area contributed by atoms with Gasteiger partial charge in [-0.15, -0.1) is 0 Å². The Bertz CT molecular complexity index is 916. The first-order valence-corrected chi connectivity index (χ1v) is 8.35. The second-order valence-corrected chi connectivity index (χ2v) is 6.23. The molecule has 0 aliphatic carbocycles. The van der Waals surface area contributed by atoms with Crippen LogP contribution in [0.5, 0.6) is 0 Å². The Morgan fingerprint density at radius 2 is 1.88 bits per heavy atom. The highest BCUT2D eigenvalue weighted by Gasteiger charge is 2.43. The van der Waals surface area contributed by atoms with Gasteiger partial charge in [0.15, 0.2) is 0 Å². The molecular weight excluding hydrogens is 342 g/mol. The molecule has 7 nitrogen and oxygen atoms in total. The lowest BCUT2D eigenvalue weighted by molar-refractivity contribution is -0.143. The topological polar surface area (TPSA) is 90.7 Å². The zero-order chi connectivity index (χ0) is 18.1. The molecule has 2 heterocycles. The van der Waals surface area contributed by atoms with Crippen LogP contribution in [0.4, 0.5) is 0 Å². The molecule has 25 heavy (non-hydrogen) atoms. The van der Waals surface area contributed by atoms with Gasteiger partial charge in [-0.3, -0.25) is 9.79 Å². The Hall–Kier alpha value is -2.61. The van der Waals surface area contributed by atoms with Gasteiger partial charge in [0.05, 0.1) is 31.5 Å². The van der Waals surface area contributed by atoms with Gasteiger partial charge in [0.2, 0.25) is 0 Å². The summed E-state index contributed by atoms with van der Waals surface area (Å²) in [4.78, 5) is 29.3. The lowest BCUT2D eigenvalue weighted by Gasteiger charge is -2.31. The highest BCUT2D eigenvalue weighted by Crippen LogP contribution is 2.42. The molecule has 0 saturated heterocycles. The largest absolute Gasteiger partial charge is 0.468 e. The van der Waals surface area contributed by atoms with Crippen molar-refractivity contribution in [2.45, 2.75) is 19.8 Å². The van der Waals surface area contributed by atoms with Crippen molar-refractivity contribution >= 4 is 40.4 Å². The molecular formula is C17H17N3O4S. The molecule has 0 fully saturated rings. The lowest BCUT2D eigenvalue weighted by Crippen LogP contribution is -2.36. The second-order valence-electron chi connectivity index (χ2n) is 5.70. The van der Waals surface area contributed by atoms with Gasteiger partial charge >= 0.3 is 11.9 Å². The number of fused-ring (bicyclic) bond motifs is 1. The summed E-state index contributed by atoms with van der Waals surface area (Å²) in [6.07, 6.45) is 0. The summed E-state index contributed by atoms with van der Waals surface area (Å²) in [6, 6.07) is 5.52. The van der Waals surface area contributed by atoms with E-state index in [0.717, 1.165) is 17.3 Å². The third-order valence-electron chi connectivity index (χ3n) is 4.34. The van der Waals surface area contributed by atoms with Gasteiger partial charge in [-0.25, -0.2) is 4.79 Å². The smallest absolute Gasteiger partial charge is 0.336 e. The van der Waals surface area contributed by atoms with E-state index in [0.29, 0.717) is 28.0 Å². The highest BCUT2D eigenvalue weighted by molar-refractivity contribution is 7.00. The summed E-state index contributed by atoms with van der Waals surface area (Å²) >= 11 is 1.08. The first kappa shape index (κ1) is 17.2. The second kappa shape index (κ2) is 6.72. The highest BCUT2D eigenvalue weighted by atomic mass is 32.1. The van der Waals surface area contributed by atoms with E-state index in [1.807, 2.05) is 18.2 Å².